The van der Waals surface area contributed by atoms with Crippen molar-refractivity contribution < 1.29 is 32.1 Å². The van der Waals surface area contributed by atoms with Gasteiger partial charge in [-0.15, -0.1) is 0 Å². The minimum atomic E-state index is -3.88. The van der Waals surface area contributed by atoms with Gasteiger partial charge in [0.25, 0.3) is 0 Å². The highest BCUT2D eigenvalue weighted by Crippen LogP contribution is 2.50. The number of para-hydroxylation sites is 1. The Morgan fingerprint density at radius 3 is 2.48 bits per heavy atom. The zero-order valence-electron chi connectivity index (χ0n) is 25.0. The molecule has 15 heteroatoms. The first-order valence-electron chi connectivity index (χ1n) is 13.9. The van der Waals surface area contributed by atoms with Gasteiger partial charge in [-0.1, -0.05) is 49.9 Å². The number of nitrogens with zero attached hydrogens (tertiary/aromatic N) is 3. The number of rotatable bonds is 15. The maximum atomic E-state index is 13.2. The van der Waals surface area contributed by atoms with Gasteiger partial charge in [0.2, 0.25) is 11.8 Å². The summed E-state index contributed by atoms with van der Waals surface area (Å²) in [6, 6.07) is 9.68. The van der Waals surface area contributed by atoms with E-state index in [-0.39, 0.29) is 38.2 Å². The fourth-order valence-corrected chi connectivity index (χ4v) is 6.96. The van der Waals surface area contributed by atoms with Crippen molar-refractivity contribution in [3.63, 3.8) is 0 Å². The Balaban J connectivity index is 0.00000259. The summed E-state index contributed by atoms with van der Waals surface area (Å²) in [6.45, 7) is 6.39. The van der Waals surface area contributed by atoms with E-state index in [1.54, 1.807) is 24.2 Å². The molecular weight excluding hydrogens is 851 g/mol. The molecule has 0 radical (unpaired) electrons. The first kappa shape index (κ1) is 37.3. The Morgan fingerprint density at radius 2 is 1.82 bits per heavy atom. The fraction of sp³-hybridized carbons (Fsp3) is 0.414. The van der Waals surface area contributed by atoms with Crippen LogP contribution in [-0.4, -0.2) is 60.2 Å². The van der Waals surface area contributed by atoms with Gasteiger partial charge in [0, 0.05) is 48.2 Å². The normalized spacial score (nSPS) is 13.2. The number of anilines is 1. The summed E-state index contributed by atoms with van der Waals surface area (Å²) < 4.78 is 35.6. The average molecular weight is 888 g/mol. The van der Waals surface area contributed by atoms with E-state index in [1.807, 2.05) is 51.1 Å². The molecule has 3 aromatic rings. The molecule has 0 bridgehead atoms. The molecule has 0 atom stereocenters. The smallest absolute Gasteiger partial charge is 0.459 e. The third-order valence-corrected chi connectivity index (χ3v) is 11.1. The molecule has 4 rings (SSSR count). The summed E-state index contributed by atoms with van der Waals surface area (Å²) in [5.41, 5.74) is 3.35. The van der Waals surface area contributed by atoms with Crippen LogP contribution in [-0.2, 0) is 40.7 Å². The SMILES string of the molecule is CC.Cc1c(CN(C)C(=O)/C=C/c2cnc3c(c2)CCC(=O)N3COP(=O)(OCCSI)OCCSI)oc2ccccc12. The van der Waals surface area contributed by atoms with Gasteiger partial charge in [0.1, 0.15) is 23.9 Å². The molecule has 1 aromatic carbocycles. The maximum absolute atomic E-state index is 13.2. The molecule has 0 fully saturated rings. The highest BCUT2D eigenvalue weighted by Gasteiger charge is 2.32. The van der Waals surface area contributed by atoms with Crippen molar-refractivity contribution in [2.75, 3.05) is 43.4 Å². The van der Waals surface area contributed by atoms with E-state index in [4.69, 9.17) is 18.0 Å². The van der Waals surface area contributed by atoms with E-state index in [0.717, 1.165) is 33.4 Å². The number of halogens is 2. The lowest BCUT2D eigenvalue weighted by atomic mass is 10.0. The number of furan rings is 1. The van der Waals surface area contributed by atoms with Crippen LogP contribution in [0.1, 0.15) is 42.7 Å². The Bertz CT molecular complexity index is 1480. The molecule has 0 N–H and O–H groups in total. The lowest BCUT2D eigenvalue weighted by Gasteiger charge is -2.29. The van der Waals surface area contributed by atoms with Crippen molar-refractivity contribution >= 4 is 103 Å². The van der Waals surface area contributed by atoms with Crippen LogP contribution in [0.2, 0.25) is 0 Å². The van der Waals surface area contributed by atoms with Crippen LogP contribution in [0.5, 0.6) is 0 Å². The van der Waals surface area contributed by atoms with E-state index >= 15 is 0 Å². The molecule has 0 unspecified atom stereocenters. The molecule has 2 amide bonds. The largest absolute Gasteiger partial charge is 0.476 e. The second-order valence-electron chi connectivity index (χ2n) is 9.25. The van der Waals surface area contributed by atoms with E-state index in [9.17, 15) is 14.2 Å². The number of benzene rings is 1. The molecular formula is C29H36I2N3O7PS2. The first-order chi connectivity index (χ1) is 21.2. The first-order valence-corrected chi connectivity index (χ1v) is 22.5. The number of amides is 2. The molecule has 44 heavy (non-hydrogen) atoms. The molecule has 0 spiro atoms. The van der Waals surface area contributed by atoms with E-state index in [1.165, 1.54) is 28.8 Å². The maximum Gasteiger partial charge on any atom is 0.476 e. The summed E-state index contributed by atoms with van der Waals surface area (Å²) in [4.78, 5) is 33.0. The third-order valence-electron chi connectivity index (χ3n) is 6.41. The summed E-state index contributed by atoms with van der Waals surface area (Å²) in [7, 11) is 0.881. The molecule has 1 aliphatic heterocycles. The van der Waals surface area contributed by atoms with E-state index in [2.05, 4.69) is 47.4 Å². The molecule has 1 aliphatic rings. The Morgan fingerprint density at radius 1 is 1.14 bits per heavy atom. The van der Waals surface area contributed by atoms with Gasteiger partial charge in [0.15, 0.2) is 0 Å². The van der Waals surface area contributed by atoms with Crippen molar-refractivity contribution in [3.8, 4) is 0 Å². The van der Waals surface area contributed by atoms with Crippen molar-refractivity contribution in [3.05, 3.63) is 65.1 Å². The quantitative estimate of drug-likeness (QED) is 0.0639. The number of pyridine rings is 1. The van der Waals surface area contributed by atoms with Crippen LogP contribution in [0.3, 0.4) is 0 Å². The molecule has 3 heterocycles. The van der Waals surface area contributed by atoms with Crippen molar-refractivity contribution in [2.45, 2.75) is 40.2 Å². The summed E-state index contributed by atoms with van der Waals surface area (Å²) in [6.07, 6.45) is 5.50. The number of aryl methyl sites for hydroxylation is 2. The zero-order chi connectivity index (χ0) is 32.1. The monoisotopic (exact) mass is 887 g/mol. The van der Waals surface area contributed by atoms with Crippen molar-refractivity contribution in [1.29, 1.82) is 0 Å². The average Bonchev–Trinajstić information content (AvgIpc) is 3.35. The van der Waals surface area contributed by atoms with Crippen LogP contribution < -0.4 is 4.90 Å². The van der Waals surface area contributed by atoms with E-state index < -0.39 is 7.82 Å². The predicted octanol–water partition coefficient (Wildman–Crippen LogP) is 8.40. The van der Waals surface area contributed by atoms with Crippen LogP contribution >= 0.6 is 68.1 Å². The number of phosphoric acid groups is 1. The minimum absolute atomic E-state index is 0.185. The Kier molecular flexibility index (Phi) is 16.0. The second kappa shape index (κ2) is 18.9. The number of carbonyl (C=O) groups is 2. The summed E-state index contributed by atoms with van der Waals surface area (Å²) >= 11 is 4.25. The lowest BCUT2D eigenvalue weighted by molar-refractivity contribution is -0.125. The second-order valence-corrected chi connectivity index (χ2v) is 15.9. The van der Waals surface area contributed by atoms with Crippen molar-refractivity contribution in [1.82, 2.24) is 9.88 Å². The van der Waals surface area contributed by atoms with Gasteiger partial charge >= 0.3 is 7.82 Å². The number of hydrogen-bond donors (Lipinski definition) is 0. The van der Waals surface area contributed by atoms with Gasteiger partial charge in [0.05, 0.1) is 19.8 Å². The van der Waals surface area contributed by atoms with Gasteiger partial charge in [-0.3, -0.25) is 28.1 Å². The van der Waals surface area contributed by atoms with E-state index in [0.29, 0.717) is 30.3 Å². The molecule has 0 aliphatic carbocycles. The third kappa shape index (κ3) is 10.4. The lowest BCUT2D eigenvalue weighted by Crippen LogP contribution is -2.37. The Hall–Kier alpha value is -1.14. The van der Waals surface area contributed by atoms with Crippen LogP contribution in [0.4, 0.5) is 5.82 Å². The number of aromatic nitrogens is 1. The van der Waals surface area contributed by atoms with Crippen molar-refractivity contribution in [2.24, 2.45) is 0 Å². The topological polar surface area (TPSA) is 111 Å². The highest BCUT2D eigenvalue weighted by molar-refractivity contribution is 14.2. The van der Waals surface area contributed by atoms with Crippen LogP contribution in [0.25, 0.3) is 17.0 Å². The molecule has 0 saturated heterocycles. The standard InChI is InChI=1S/C27H30I2N3O7PS2.C2H6/c1-19-22-5-3-4-6-23(22)39-24(19)17-31(2)25(33)9-7-20-15-21-8-10-26(34)32(27(21)30-16-20)18-38-40(35,36-11-13-41-28)37-12-14-42-29;1-2/h3-7,9,15-16H,8,10-14,17-18H2,1-2H3;1-2H3/b9-7+;. The molecule has 2 aromatic heterocycles. The van der Waals surface area contributed by atoms with Gasteiger partial charge in [-0.05, 0) is 85.1 Å². The van der Waals surface area contributed by atoms with Crippen LogP contribution in [0.15, 0.2) is 47.0 Å². The van der Waals surface area contributed by atoms with Gasteiger partial charge in [-0.25, -0.2) is 9.55 Å². The minimum Gasteiger partial charge on any atom is -0.459 e. The van der Waals surface area contributed by atoms with Gasteiger partial charge in [-0.2, -0.15) is 0 Å². The fourth-order valence-electron chi connectivity index (χ4n) is 4.23. The number of likely N-dealkylation sites (N-methyl/N-ethyl adjacent to an activating group) is 1. The van der Waals surface area contributed by atoms with Crippen LogP contribution in [0, 0.1) is 6.92 Å². The predicted molar refractivity (Wildman–Crippen MR) is 196 cm³/mol. The summed E-state index contributed by atoms with van der Waals surface area (Å²) in [5.74, 6) is 2.00. The number of phosphoric ester groups is 1. The number of hydrogen-bond acceptors (Lipinski definition) is 10. The molecule has 240 valence electrons. The highest BCUT2D eigenvalue weighted by atomic mass is 127. The Labute approximate surface area is 291 Å². The zero-order valence-corrected chi connectivity index (χ0v) is 31.8. The summed E-state index contributed by atoms with van der Waals surface area (Å²) in [5, 5.41) is 1.04. The number of fused-ring (bicyclic) bond motifs is 2. The molecule has 10 nitrogen and oxygen atoms in total. The number of carbonyl (C=O) groups excluding carboxylic acids is 2. The van der Waals surface area contributed by atoms with Gasteiger partial charge < -0.3 is 9.32 Å². The molecule has 0 saturated carbocycles.